The first-order valence-corrected chi connectivity index (χ1v) is 10.6. The number of nitriles is 1. The zero-order valence-corrected chi connectivity index (χ0v) is 17.2. The second-order valence-electron chi connectivity index (χ2n) is 6.51. The maximum absolute atomic E-state index is 10.6. The van der Waals surface area contributed by atoms with E-state index < -0.39 is 0 Å². The number of likely N-dealkylation sites (tertiary alicyclic amines) is 1. The SMILES string of the molecule is CCC1CCCCN1CC(O)=C(C#N)c1nc(-c2ccc(Br)cc2)cs1. The molecule has 136 valence electrons. The van der Waals surface area contributed by atoms with Gasteiger partial charge in [0.2, 0.25) is 0 Å². The summed E-state index contributed by atoms with van der Waals surface area (Å²) < 4.78 is 1.01. The molecule has 6 heteroatoms. The lowest BCUT2D eigenvalue weighted by molar-refractivity contribution is 0.140. The van der Waals surface area contributed by atoms with Crippen molar-refractivity contribution in [2.75, 3.05) is 13.1 Å². The molecule has 1 saturated heterocycles. The molecule has 1 unspecified atom stereocenters. The van der Waals surface area contributed by atoms with Gasteiger partial charge in [0.1, 0.15) is 22.4 Å². The normalized spacial score (nSPS) is 19.0. The van der Waals surface area contributed by atoms with Crippen LogP contribution in [0.4, 0.5) is 0 Å². The standard InChI is InChI=1S/C20H22BrN3OS/c1-2-16-5-3-4-10-24(16)12-19(25)17(11-22)20-23-18(13-26-20)14-6-8-15(21)9-7-14/h6-9,13,16,25H,2-5,10,12H2,1H3. The van der Waals surface area contributed by atoms with Crippen LogP contribution in [0.1, 0.15) is 37.6 Å². The van der Waals surface area contributed by atoms with E-state index in [-0.39, 0.29) is 5.76 Å². The summed E-state index contributed by atoms with van der Waals surface area (Å²) in [7, 11) is 0. The molecule has 2 aromatic rings. The molecule has 0 saturated carbocycles. The Morgan fingerprint density at radius 3 is 2.85 bits per heavy atom. The van der Waals surface area contributed by atoms with Gasteiger partial charge in [0.15, 0.2) is 0 Å². The van der Waals surface area contributed by atoms with Gasteiger partial charge in [0.25, 0.3) is 0 Å². The van der Waals surface area contributed by atoms with E-state index in [0.29, 0.717) is 23.2 Å². The Morgan fingerprint density at radius 1 is 1.38 bits per heavy atom. The number of piperidine rings is 1. The molecule has 1 aromatic heterocycles. The first-order valence-electron chi connectivity index (χ1n) is 8.90. The Labute approximate surface area is 166 Å². The molecular formula is C20H22BrN3OS. The van der Waals surface area contributed by atoms with Gasteiger partial charge < -0.3 is 5.11 Å². The lowest BCUT2D eigenvalue weighted by Gasteiger charge is -2.34. The second-order valence-corrected chi connectivity index (χ2v) is 8.28. The highest BCUT2D eigenvalue weighted by Gasteiger charge is 2.23. The number of halogens is 1. The average molecular weight is 432 g/mol. The van der Waals surface area contributed by atoms with Gasteiger partial charge in [-0.15, -0.1) is 11.3 Å². The Bertz CT molecular complexity index is 822. The van der Waals surface area contributed by atoms with Gasteiger partial charge in [-0.3, -0.25) is 4.90 Å². The van der Waals surface area contributed by atoms with Crippen molar-refractivity contribution in [3.63, 3.8) is 0 Å². The molecule has 1 fully saturated rings. The number of rotatable bonds is 5. The fourth-order valence-corrected chi connectivity index (χ4v) is 4.49. The van der Waals surface area contributed by atoms with Crippen molar-refractivity contribution in [1.82, 2.24) is 9.88 Å². The van der Waals surface area contributed by atoms with Gasteiger partial charge in [-0.05, 0) is 37.9 Å². The van der Waals surface area contributed by atoms with Crippen molar-refractivity contribution in [1.29, 1.82) is 5.26 Å². The largest absolute Gasteiger partial charge is 0.509 e. The molecular weight excluding hydrogens is 410 g/mol. The van der Waals surface area contributed by atoms with Crippen LogP contribution in [0, 0.1) is 11.3 Å². The van der Waals surface area contributed by atoms with E-state index in [1.165, 1.54) is 17.8 Å². The van der Waals surface area contributed by atoms with E-state index >= 15 is 0 Å². The summed E-state index contributed by atoms with van der Waals surface area (Å²) in [4.78, 5) is 6.87. The van der Waals surface area contributed by atoms with Crippen LogP contribution in [-0.4, -0.2) is 34.1 Å². The quantitative estimate of drug-likeness (QED) is 0.492. The summed E-state index contributed by atoms with van der Waals surface area (Å²) in [6.45, 7) is 3.58. The van der Waals surface area contributed by atoms with Crippen molar-refractivity contribution in [3.05, 3.63) is 44.9 Å². The number of aromatic nitrogens is 1. The lowest BCUT2D eigenvalue weighted by Crippen LogP contribution is -2.40. The summed E-state index contributed by atoms with van der Waals surface area (Å²) in [5.41, 5.74) is 2.11. The molecule has 1 atom stereocenters. The topological polar surface area (TPSA) is 60.1 Å². The molecule has 1 aliphatic heterocycles. The Morgan fingerprint density at radius 2 is 2.15 bits per heavy atom. The highest BCUT2D eigenvalue weighted by molar-refractivity contribution is 9.10. The Balaban J connectivity index is 1.82. The van der Waals surface area contributed by atoms with Crippen LogP contribution < -0.4 is 0 Å². The molecule has 0 bridgehead atoms. The zero-order chi connectivity index (χ0) is 18.5. The number of allylic oxidation sites excluding steroid dienone is 1. The van der Waals surface area contributed by atoms with Gasteiger partial charge in [-0.2, -0.15) is 5.26 Å². The van der Waals surface area contributed by atoms with Crippen molar-refractivity contribution in [2.24, 2.45) is 0 Å². The zero-order valence-electron chi connectivity index (χ0n) is 14.8. The first kappa shape index (κ1) is 19.1. The molecule has 2 heterocycles. The van der Waals surface area contributed by atoms with Crippen molar-refractivity contribution in [2.45, 2.75) is 38.6 Å². The summed E-state index contributed by atoms with van der Waals surface area (Å²) in [5, 5.41) is 22.7. The lowest BCUT2D eigenvalue weighted by atomic mass is 10.00. The third kappa shape index (κ3) is 4.35. The van der Waals surface area contributed by atoms with Crippen LogP contribution in [0.3, 0.4) is 0 Å². The molecule has 3 rings (SSSR count). The van der Waals surface area contributed by atoms with E-state index in [0.717, 1.165) is 41.5 Å². The van der Waals surface area contributed by atoms with Gasteiger partial charge in [-0.25, -0.2) is 4.98 Å². The third-order valence-electron chi connectivity index (χ3n) is 4.83. The maximum atomic E-state index is 10.6. The van der Waals surface area contributed by atoms with Crippen molar-refractivity contribution >= 4 is 32.8 Å². The summed E-state index contributed by atoms with van der Waals surface area (Å²) in [6, 6.07) is 10.5. The minimum absolute atomic E-state index is 0.129. The highest BCUT2D eigenvalue weighted by atomic mass is 79.9. The first-order chi connectivity index (χ1) is 12.6. The van der Waals surface area contributed by atoms with Gasteiger partial charge in [0.05, 0.1) is 12.2 Å². The number of nitrogens with zero attached hydrogens (tertiary/aromatic N) is 3. The maximum Gasteiger partial charge on any atom is 0.138 e. The molecule has 0 aliphatic carbocycles. The molecule has 1 aromatic carbocycles. The van der Waals surface area contributed by atoms with Crippen LogP contribution in [0.5, 0.6) is 0 Å². The van der Waals surface area contributed by atoms with E-state index in [2.05, 4.69) is 38.8 Å². The fraction of sp³-hybridized carbons (Fsp3) is 0.400. The van der Waals surface area contributed by atoms with E-state index in [4.69, 9.17) is 0 Å². The summed E-state index contributed by atoms with van der Waals surface area (Å²) in [5.74, 6) is 0.129. The van der Waals surface area contributed by atoms with E-state index in [9.17, 15) is 10.4 Å². The Hall–Kier alpha value is -1.68. The number of benzene rings is 1. The molecule has 4 nitrogen and oxygen atoms in total. The number of aliphatic hydroxyl groups excluding tert-OH is 1. The fourth-order valence-electron chi connectivity index (χ4n) is 3.38. The highest BCUT2D eigenvalue weighted by Crippen LogP contribution is 2.29. The van der Waals surface area contributed by atoms with Crippen LogP contribution in [0.15, 0.2) is 39.9 Å². The van der Waals surface area contributed by atoms with E-state index in [1.54, 1.807) is 0 Å². The molecule has 1 N–H and O–H groups in total. The average Bonchev–Trinajstić information content (AvgIpc) is 3.13. The minimum Gasteiger partial charge on any atom is -0.509 e. The van der Waals surface area contributed by atoms with Crippen LogP contribution in [-0.2, 0) is 0 Å². The second kappa shape index (κ2) is 8.81. The Kier molecular flexibility index (Phi) is 6.47. The molecule has 26 heavy (non-hydrogen) atoms. The smallest absolute Gasteiger partial charge is 0.138 e. The van der Waals surface area contributed by atoms with Gasteiger partial charge in [-0.1, -0.05) is 41.4 Å². The van der Waals surface area contributed by atoms with Gasteiger partial charge >= 0.3 is 0 Å². The van der Waals surface area contributed by atoms with Crippen LogP contribution >= 0.6 is 27.3 Å². The molecule has 0 radical (unpaired) electrons. The molecule has 1 aliphatic rings. The summed E-state index contributed by atoms with van der Waals surface area (Å²) >= 11 is 4.82. The third-order valence-corrected chi connectivity index (χ3v) is 6.22. The van der Waals surface area contributed by atoms with Crippen molar-refractivity contribution < 1.29 is 5.11 Å². The number of hydrogen-bond donors (Lipinski definition) is 1. The van der Waals surface area contributed by atoms with Crippen molar-refractivity contribution in [3.8, 4) is 17.3 Å². The number of hydrogen-bond acceptors (Lipinski definition) is 5. The van der Waals surface area contributed by atoms with E-state index in [1.807, 2.05) is 29.6 Å². The summed E-state index contributed by atoms with van der Waals surface area (Å²) in [6.07, 6.45) is 4.63. The number of aliphatic hydroxyl groups is 1. The van der Waals surface area contributed by atoms with Crippen LogP contribution in [0.2, 0.25) is 0 Å². The van der Waals surface area contributed by atoms with Gasteiger partial charge in [0, 0.05) is 21.5 Å². The molecule has 0 spiro atoms. The predicted molar refractivity (Wildman–Crippen MR) is 110 cm³/mol. The minimum atomic E-state index is 0.129. The van der Waals surface area contributed by atoms with Crippen LogP contribution in [0.25, 0.3) is 16.8 Å². The molecule has 0 amide bonds. The predicted octanol–water partition coefficient (Wildman–Crippen LogP) is 5.63. The number of thiazole rings is 1. The monoisotopic (exact) mass is 431 g/mol.